The van der Waals surface area contributed by atoms with Gasteiger partial charge >= 0.3 is 0 Å². The highest BCUT2D eigenvalue weighted by atomic mass is 79.9. The maximum atomic E-state index is 6.22. The van der Waals surface area contributed by atoms with Crippen molar-refractivity contribution in [3.05, 3.63) is 58.0 Å². The van der Waals surface area contributed by atoms with Gasteiger partial charge in [0.1, 0.15) is 5.58 Å². The Balaban J connectivity index is 2.30. The lowest BCUT2D eigenvalue weighted by atomic mass is 10.1. The summed E-state index contributed by atoms with van der Waals surface area (Å²) in [7, 11) is 0. The molecule has 92 valence electrons. The smallest absolute Gasteiger partial charge is 0.155 e. The zero-order valence-corrected chi connectivity index (χ0v) is 12.1. The Hall–Kier alpha value is -1.51. The van der Waals surface area contributed by atoms with Crippen LogP contribution in [0.5, 0.6) is 0 Å². The van der Waals surface area contributed by atoms with Crippen molar-refractivity contribution in [3.8, 4) is 0 Å². The van der Waals surface area contributed by atoms with Crippen LogP contribution in [0.2, 0.25) is 5.02 Å². The zero-order chi connectivity index (χ0) is 13.0. The number of halogens is 2. The molecule has 0 atom stereocenters. The molecular weight excluding hydrogens is 324 g/mol. The van der Waals surface area contributed by atoms with E-state index in [1.165, 1.54) is 10.8 Å². The standard InChI is InChI=1S/C16H8BrClO/c17-12-5-6-13(18)16-15(12)11-7-9-3-1-2-4-10(9)8-14(11)19-16/h1-8H. The van der Waals surface area contributed by atoms with E-state index in [4.69, 9.17) is 16.0 Å². The van der Waals surface area contributed by atoms with E-state index in [1.807, 2.05) is 24.3 Å². The predicted octanol–water partition coefficient (Wildman–Crippen LogP) is 6.16. The Kier molecular flexibility index (Phi) is 2.38. The van der Waals surface area contributed by atoms with Crippen molar-refractivity contribution in [2.45, 2.75) is 0 Å². The van der Waals surface area contributed by atoms with Crippen LogP contribution in [-0.4, -0.2) is 0 Å². The van der Waals surface area contributed by atoms with E-state index in [1.54, 1.807) is 0 Å². The quantitative estimate of drug-likeness (QED) is 0.376. The number of benzene rings is 3. The number of hydrogen-bond acceptors (Lipinski definition) is 1. The average Bonchev–Trinajstić information content (AvgIpc) is 2.80. The fraction of sp³-hybridized carbons (Fsp3) is 0. The summed E-state index contributed by atoms with van der Waals surface area (Å²) in [6, 6.07) is 16.3. The molecule has 0 aliphatic carbocycles. The predicted molar refractivity (Wildman–Crippen MR) is 83.9 cm³/mol. The zero-order valence-electron chi connectivity index (χ0n) is 9.78. The van der Waals surface area contributed by atoms with Crippen molar-refractivity contribution >= 4 is 60.2 Å². The fourth-order valence-electron chi connectivity index (χ4n) is 2.49. The lowest BCUT2D eigenvalue weighted by Gasteiger charge is -1.98. The molecule has 0 fully saturated rings. The van der Waals surface area contributed by atoms with Crippen molar-refractivity contribution in [3.63, 3.8) is 0 Å². The Morgan fingerprint density at radius 2 is 1.68 bits per heavy atom. The van der Waals surface area contributed by atoms with E-state index in [0.717, 1.165) is 26.4 Å². The lowest BCUT2D eigenvalue weighted by Crippen LogP contribution is -1.73. The molecule has 0 spiro atoms. The van der Waals surface area contributed by atoms with Gasteiger partial charge in [0, 0.05) is 15.2 Å². The summed E-state index contributed by atoms with van der Waals surface area (Å²) in [5.41, 5.74) is 1.60. The molecule has 0 saturated heterocycles. The number of hydrogen-bond donors (Lipinski definition) is 0. The third-order valence-corrected chi connectivity index (χ3v) is 4.35. The molecule has 0 bridgehead atoms. The SMILES string of the molecule is Clc1ccc(Br)c2c1oc1cc3ccccc3cc12. The van der Waals surface area contributed by atoms with E-state index in [2.05, 4.69) is 40.2 Å². The first-order chi connectivity index (χ1) is 9.24. The summed E-state index contributed by atoms with van der Waals surface area (Å²) in [5, 5.41) is 5.13. The Bertz CT molecular complexity index is 940. The monoisotopic (exact) mass is 330 g/mol. The largest absolute Gasteiger partial charge is 0.454 e. The van der Waals surface area contributed by atoms with Crippen molar-refractivity contribution in [2.75, 3.05) is 0 Å². The first kappa shape index (κ1) is 11.3. The molecular formula is C16H8BrClO. The first-order valence-electron chi connectivity index (χ1n) is 5.93. The van der Waals surface area contributed by atoms with Gasteiger partial charge in [-0.1, -0.05) is 51.8 Å². The second-order valence-corrected chi connectivity index (χ2v) is 5.79. The van der Waals surface area contributed by atoms with Crippen molar-refractivity contribution in [1.29, 1.82) is 0 Å². The molecule has 4 aromatic rings. The van der Waals surface area contributed by atoms with Crippen molar-refractivity contribution in [2.24, 2.45) is 0 Å². The second-order valence-electron chi connectivity index (χ2n) is 4.53. The third kappa shape index (κ3) is 1.60. The van der Waals surface area contributed by atoms with Gasteiger partial charge in [-0.3, -0.25) is 0 Å². The minimum absolute atomic E-state index is 0.637. The minimum atomic E-state index is 0.637. The highest BCUT2D eigenvalue weighted by molar-refractivity contribution is 9.10. The Morgan fingerprint density at radius 3 is 2.47 bits per heavy atom. The third-order valence-electron chi connectivity index (χ3n) is 3.39. The molecule has 1 aromatic heterocycles. The van der Waals surface area contributed by atoms with Crippen LogP contribution in [0, 0.1) is 0 Å². The summed E-state index contributed by atoms with van der Waals surface area (Å²) in [4.78, 5) is 0. The molecule has 0 N–H and O–H groups in total. The molecule has 0 unspecified atom stereocenters. The van der Waals surface area contributed by atoms with Gasteiger partial charge in [-0.25, -0.2) is 0 Å². The lowest BCUT2D eigenvalue weighted by molar-refractivity contribution is 0.669. The molecule has 0 saturated carbocycles. The average molecular weight is 332 g/mol. The van der Waals surface area contributed by atoms with Gasteiger partial charge < -0.3 is 4.42 Å². The van der Waals surface area contributed by atoms with Gasteiger partial charge in [0.05, 0.1) is 5.02 Å². The van der Waals surface area contributed by atoms with Crippen LogP contribution in [0.25, 0.3) is 32.7 Å². The van der Waals surface area contributed by atoms with Gasteiger partial charge in [-0.15, -0.1) is 0 Å². The highest BCUT2D eigenvalue weighted by Crippen LogP contribution is 2.39. The first-order valence-corrected chi connectivity index (χ1v) is 7.10. The number of furan rings is 1. The Morgan fingerprint density at radius 1 is 0.947 bits per heavy atom. The van der Waals surface area contributed by atoms with Gasteiger partial charge in [0.25, 0.3) is 0 Å². The molecule has 1 heterocycles. The van der Waals surface area contributed by atoms with E-state index in [0.29, 0.717) is 5.02 Å². The fourth-order valence-corrected chi connectivity index (χ4v) is 3.22. The van der Waals surface area contributed by atoms with E-state index >= 15 is 0 Å². The van der Waals surface area contributed by atoms with Gasteiger partial charge in [0.15, 0.2) is 5.58 Å². The maximum absolute atomic E-state index is 6.22. The normalized spacial score (nSPS) is 11.7. The van der Waals surface area contributed by atoms with Crippen LogP contribution in [0.3, 0.4) is 0 Å². The summed E-state index contributed by atoms with van der Waals surface area (Å²) in [6.07, 6.45) is 0. The molecule has 0 aliphatic rings. The van der Waals surface area contributed by atoms with Crippen molar-refractivity contribution < 1.29 is 4.42 Å². The van der Waals surface area contributed by atoms with E-state index in [-0.39, 0.29) is 0 Å². The molecule has 0 aliphatic heterocycles. The molecule has 19 heavy (non-hydrogen) atoms. The van der Waals surface area contributed by atoms with E-state index in [9.17, 15) is 0 Å². The van der Waals surface area contributed by atoms with Crippen LogP contribution in [0.1, 0.15) is 0 Å². The molecule has 0 amide bonds. The summed E-state index contributed by atoms with van der Waals surface area (Å²) in [6.45, 7) is 0. The van der Waals surface area contributed by atoms with Gasteiger partial charge in [0.2, 0.25) is 0 Å². The molecule has 4 rings (SSSR count). The minimum Gasteiger partial charge on any atom is -0.454 e. The summed E-state index contributed by atoms with van der Waals surface area (Å²) < 4.78 is 6.91. The Labute approximate surface area is 122 Å². The van der Waals surface area contributed by atoms with Gasteiger partial charge in [-0.2, -0.15) is 0 Å². The van der Waals surface area contributed by atoms with Crippen LogP contribution < -0.4 is 0 Å². The molecule has 1 nitrogen and oxygen atoms in total. The van der Waals surface area contributed by atoms with Crippen LogP contribution in [0.15, 0.2) is 57.4 Å². The topological polar surface area (TPSA) is 13.1 Å². The summed E-state index contributed by atoms with van der Waals surface area (Å²) in [5.74, 6) is 0. The van der Waals surface area contributed by atoms with E-state index < -0.39 is 0 Å². The van der Waals surface area contributed by atoms with Gasteiger partial charge in [-0.05, 0) is 35.0 Å². The number of fused-ring (bicyclic) bond motifs is 4. The number of rotatable bonds is 0. The molecule has 3 aromatic carbocycles. The van der Waals surface area contributed by atoms with Crippen molar-refractivity contribution in [1.82, 2.24) is 0 Å². The summed E-state index contributed by atoms with van der Waals surface area (Å²) >= 11 is 9.79. The van der Waals surface area contributed by atoms with Crippen LogP contribution >= 0.6 is 27.5 Å². The molecule has 0 radical (unpaired) electrons. The highest BCUT2D eigenvalue weighted by Gasteiger charge is 2.13. The van der Waals surface area contributed by atoms with Crippen LogP contribution in [0.4, 0.5) is 0 Å². The maximum Gasteiger partial charge on any atom is 0.155 e. The van der Waals surface area contributed by atoms with Crippen LogP contribution in [-0.2, 0) is 0 Å². The second kappa shape index (κ2) is 3.99. The molecule has 3 heteroatoms.